The molecule has 1 N–H and O–H groups in total. The van der Waals surface area contributed by atoms with E-state index < -0.39 is 0 Å². The van der Waals surface area contributed by atoms with Crippen LogP contribution < -0.4 is 5.32 Å². The van der Waals surface area contributed by atoms with Crippen LogP contribution in [-0.2, 0) is 4.79 Å². The fraction of sp³-hybridized carbons (Fsp3) is 0.667. The van der Waals surface area contributed by atoms with E-state index in [4.69, 9.17) is 4.52 Å². The summed E-state index contributed by atoms with van der Waals surface area (Å²) in [5, 5.41) is 7.29. The van der Waals surface area contributed by atoms with Crippen molar-refractivity contribution in [2.45, 2.75) is 39.3 Å². The number of hydrogen-bond donors (Lipinski definition) is 1. The highest BCUT2D eigenvalue weighted by molar-refractivity contribution is 5.83. The van der Waals surface area contributed by atoms with Crippen LogP contribution in [0.15, 0.2) is 4.52 Å². The largest absolute Gasteiger partial charge is 0.361 e. The number of amides is 1. The van der Waals surface area contributed by atoms with Crippen LogP contribution in [0.25, 0.3) is 0 Å². The third kappa shape index (κ3) is 2.20. The third-order valence-corrected chi connectivity index (χ3v) is 3.40. The maximum absolute atomic E-state index is 11.8. The van der Waals surface area contributed by atoms with Crippen molar-refractivity contribution in [2.24, 2.45) is 0 Å². The smallest absolute Gasteiger partial charge is 0.239 e. The quantitative estimate of drug-likeness (QED) is 0.857. The van der Waals surface area contributed by atoms with Gasteiger partial charge in [0.05, 0.1) is 11.7 Å². The van der Waals surface area contributed by atoms with E-state index >= 15 is 0 Å². The average molecular weight is 237 g/mol. The number of carbonyl (C=O) groups is 1. The van der Waals surface area contributed by atoms with E-state index in [1.54, 1.807) is 4.90 Å². The van der Waals surface area contributed by atoms with E-state index in [0.29, 0.717) is 0 Å². The Kier molecular flexibility index (Phi) is 3.19. The molecule has 1 aliphatic rings. The molecule has 0 aromatic carbocycles. The molecule has 5 heteroatoms. The highest BCUT2D eigenvalue weighted by atomic mass is 16.5. The van der Waals surface area contributed by atoms with E-state index in [-0.39, 0.29) is 18.0 Å². The lowest BCUT2D eigenvalue weighted by molar-refractivity contribution is -0.128. The molecule has 1 aromatic rings. The van der Waals surface area contributed by atoms with Gasteiger partial charge in [0.2, 0.25) is 5.91 Å². The molecule has 1 saturated heterocycles. The zero-order valence-corrected chi connectivity index (χ0v) is 10.8. The number of hydrogen-bond acceptors (Lipinski definition) is 4. The van der Waals surface area contributed by atoms with Crippen LogP contribution in [0.3, 0.4) is 0 Å². The SMILES string of the molecule is Cc1noc(C)c1C(C)NC1CCN(C)C1=O. The molecule has 1 aromatic heterocycles. The number of aryl methyl sites for hydroxylation is 2. The summed E-state index contributed by atoms with van der Waals surface area (Å²) in [4.78, 5) is 13.6. The molecule has 2 unspecified atom stereocenters. The first-order chi connectivity index (χ1) is 8.00. The van der Waals surface area contributed by atoms with E-state index in [1.807, 2.05) is 27.8 Å². The summed E-state index contributed by atoms with van der Waals surface area (Å²) in [6.45, 7) is 6.69. The maximum atomic E-state index is 11.8. The van der Waals surface area contributed by atoms with Gasteiger partial charge in [-0.3, -0.25) is 10.1 Å². The van der Waals surface area contributed by atoms with Crippen molar-refractivity contribution in [1.82, 2.24) is 15.4 Å². The highest BCUT2D eigenvalue weighted by Gasteiger charge is 2.31. The Balaban J connectivity index is 2.07. The lowest BCUT2D eigenvalue weighted by Gasteiger charge is -2.18. The van der Waals surface area contributed by atoms with Gasteiger partial charge in [0, 0.05) is 25.2 Å². The normalized spacial score (nSPS) is 22.2. The molecule has 0 aliphatic carbocycles. The van der Waals surface area contributed by atoms with Crippen molar-refractivity contribution in [2.75, 3.05) is 13.6 Å². The summed E-state index contributed by atoms with van der Waals surface area (Å²) in [5.74, 6) is 0.991. The summed E-state index contributed by atoms with van der Waals surface area (Å²) in [7, 11) is 1.84. The van der Waals surface area contributed by atoms with E-state index in [2.05, 4.69) is 10.5 Å². The van der Waals surface area contributed by atoms with Crippen molar-refractivity contribution in [3.63, 3.8) is 0 Å². The van der Waals surface area contributed by atoms with Gasteiger partial charge in [-0.2, -0.15) is 0 Å². The first-order valence-corrected chi connectivity index (χ1v) is 5.94. The summed E-state index contributed by atoms with van der Waals surface area (Å²) in [5.41, 5.74) is 1.95. The van der Waals surface area contributed by atoms with Crippen LogP contribution in [0.4, 0.5) is 0 Å². The predicted octanol–water partition coefficient (Wildman–Crippen LogP) is 1.17. The van der Waals surface area contributed by atoms with E-state index in [9.17, 15) is 4.79 Å². The summed E-state index contributed by atoms with van der Waals surface area (Å²) in [6, 6.07) is 0.00500. The zero-order chi connectivity index (χ0) is 12.6. The molecule has 5 nitrogen and oxygen atoms in total. The van der Waals surface area contributed by atoms with E-state index in [1.165, 1.54) is 0 Å². The lowest BCUT2D eigenvalue weighted by atomic mass is 10.1. The molecule has 0 spiro atoms. The number of aromatic nitrogens is 1. The minimum Gasteiger partial charge on any atom is -0.361 e. The Morgan fingerprint density at radius 3 is 2.71 bits per heavy atom. The molecule has 2 rings (SSSR count). The van der Waals surface area contributed by atoms with Gasteiger partial charge >= 0.3 is 0 Å². The van der Waals surface area contributed by atoms with Gasteiger partial charge in [0.25, 0.3) is 0 Å². The number of carbonyl (C=O) groups excluding carboxylic acids is 1. The molecular formula is C12H19N3O2. The molecule has 2 atom stereocenters. The number of likely N-dealkylation sites (tertiary alicyclic amines) is 1. The number of nitrogens with one attached hydrogen (secondary N) is 1. The fourth-order valence-electron chi connectivity index (χ4n) is 2.47. The monoisotopic (exact) mass is 237 g/mol. The van der Waals surface area contributed by atoms with Crippen LogP contribution in [0.5, 0.6) is 0 Å². The van der Waals surface area contributed by atoms with Crippen molar-refractivity contribution in [3.05, 3.63) is 17.0 Å². The van der Waals surface area contributed by atoms with Crippen molar-refractivity contribution >= 4 is 5.91 Å². The Hall–Kier alpha value is -1.36. The lowest BCUT2D eigenvalue weighted by Crippen LogP contribution is -2.38. The molecule has 1 amide bonds. The van der Waals surface area contributed by atoms with Crippen molar-refractivity contribution in [3.8, 4) is 0 Å². The maximum Gasteiger partial charge on any atom is 0.239 e. The molecule has 94 valence electrons. The standard InChI is InChI=1S/C12H19N3O2/c1-7(11-8(2)14-17-9(11)3)13-10-5-6-15(4)12(10)16/h7,10,13H,5-6H2,1-4H3. The second-order valence-electron chi connectivity index (χ2n) is 4.73. The molecule has 2 heterocycles. The second kappa shape index (κ2) is 4.49. The van der Waals surface area contributed by atoms with Crippen molar-refractivity contribution < 1.29 is 9.32 Å². The summed E-state index contributed by atoms with van der Waals surface area (Å²) >= 11 is 0. The first-order valence-electron chi connectivity index (χ1n) is 5.94. The van der Waals surface area contributed by atoms with Crippen LogP contribution >= 0.6 is 0 Å². The molecular weight excluding hydrogens is 218 g/mol. The first kappa shape index (κ1) is 12.1. The van der Waals surface area contributed by atoms with Crippen molar-refractivity contribution in [1.29, 1.82) is 0 Å². The van der Waals surface area contributed by atoms with Gasteiger partial charge in [-0.05, 0) is 27.2 Å². The Morgan fingerprint density at radius 2 is 2.24 bits per heavy atom. The minimum atomic E-state index is -0.0799. The molecule has 0 saturated carbocycles. The predicted molar refractivity (Wildman–Crippen MR) is 63.6 cm³/mol. The molecule has 1 aliphatic heterocycles. The van der Waals surface area contributed by atoms with Crippen LogP contribution in [0.1, 0.15) is 36.4 Å². The molecule has 17 heavy (non-hydrogen) atoms. The summed E-state index contributed by atoms with van der Waals surface area (Å²) in [6.07, 6.45) is 0.864. The number of rotatable bonds is 3. The van der Waals surface area contributed by atoms with Gasteiger partial charge in [0.15, 0.2) is 0 Å². The highest BCUT2D eigenvalue weighted by Crippen LogP contribution is 2.22. The molecule has 0 radical (unpaired) electrons. The Morgan fingerprint density at radius 1 is 1.53 bits per heavy atom. The van der Waals surface area contributed by atoms with Gasteiger partial charge in [-0.1, -0.05) is 5.16 Å². The van der Waals surface area contributed by atoms with Gasteiger partial charge in [0.1, 0.15) is 5.76 Å². The van der Waals surface area contributed by atoms with Crippen LogP contribution in [0.2, 0.25) is 0 Å². The van der Waals surface area contributed by atoms with Gasteiger partial charge in [-0.15, -0.1) is 0 Å². The Labute approximate surface area is 101 Å². The number of likely N-dealkylation sites (N-methyl/N-ethyl adjacent to an activating group) is 1. The average Bonchev–Trinajstić information content (AvgIpc) is 2.76. The topological polar surface area (TPSA) is 58.4 Å². The van der Waals surface area contributed by atoms with Gasteiger partial charge in [-0.25, -0.2) is 0 Å². The molecule has 1 fully saturated rings. The van der Waals surface area contributed by atoms with Crippen LogP contribution in [-0.4, -0.2) is 35.6 Å². The van der Waals surface area contributed by atoms with Gasteiger partial charge < -0.3 is 9.42 Å². The fourth-order valence-corrected chi connectivity index (χ4v) is 2.47. The second-order valence-corrected chi connectivity index (χ2v) is 4.73. The van der Waals surface area contributed by atoms with Crippen LogP contribution in [0, 0.1) is 13.8 Å². The Bertz CT molecular complexity index is 408. The number of nitrogens with zero attached hydrogens (tertiary/aromatic N) is 2. The zero-order valence-electron chi connectivity index (χ0n) is 10.8. The minimum absolute atomic E-state index is 0.0799. The van der Waals surface area contributed by atoms with E-state index in [0.717, 1.165) is 30.0 Å². The summed E-state index contributed by atoms with van der Waals surface area (Å²) < 4.78 is 5.14. The molecule has 0 bridgehead atoms. The third-order valence-electron chi connectivity index (χ3n) is 3.40.